The van der Waals surface area contributed by atoms with Crippen molar-refractivity contribution in [3.63, 3.8) is 0 Å². The van der Waals surface area contributed by atoms with E-state index in [4.69, 9.17) is 0 Å². The Morgan fingerprint density at radius 1 is 1.00 bits per heavy atom. The molecule has 100 valence electrons. The van der Waals surface area contributed by atoms with E-state index < -0.39 is 0 Å². The highest BCUT2D eigenvalue weighted by Crippen LogP contribution is 2.30. The Hall–Kier alpha value is -1.96. The molecule has 0 spiro atoms. The second-order valence-electron chi connectivity index (χ2n) is 4.85. The van der Waals surface area contributed by atoms with Gasteiger partial charge in [-0.25, -0.2) is 0 Å². The topological polar surface area (TPSA) is 32.3 Å². The molecule has 0 aliphatic heterocycles. The van der Waals surface area contributed by atoms with Gasteiger partial charge in [0.15, 0.2) is 0 Å². The van der Waals surface area contributed by atoms with Gasteiger partial charge in [0.1, 0.15) is 5.75 Å². The van der Waals surface area contributed by atoms with E-state index in [1.54, 1.807) is 6.07 Å². The van der Waals surface area contributed by atoms with Crippen LogP contribution in [-0.4, -0.2) is 5.11 Å². The summed E-state index contributed by atoms with van der Waals surface area (Å²) in [6.07, 6.45) is 3.11. The zero-order valence-electron chi connectivity index (χ0n) is 11.6. The third-order valence-electron chi connectivity index (χ3n) is 3.35. The van der Waals surface area contributed by atoms with E-state index in [-0.39, 0.29) is 0 Å². The first-order valence-corrected chi connectivity index (χ1v) is 6.86. The molecule has 0 aliphatic carbocycles. The van der Waals surface area contributed by atoms with E-state index >= 15 is 0 Å². The van der Waals surface area contributed by atoms with Crippen molar-refractivity contribution in [2.24, 2.45) is 0 Å². The third-order valence-corrected chi connectivity index (χ3v) is 3.35. The number of phenolic OH excluding ortho intramolecular Hbond substituents is 1. The van der Waals surface area contributed by atoms with Crippen molar-refractivity contribution in [1.82, 2.24) is 0 Å². The van der Waals surface area contributed by atoms with E-state index in [9.17, 15) is 5.11 Å². The normalized spacial score (nSPS) is 10.4. The number of rotatable bonds is 5. The molecule has 2 N–H and O–H groups in total. The van der Waals surface area contributed by atoms with Crippen LogP contribution in [0.5, 0.6) is 5.75 Å². The van der Waals surface area contributed by atoms with Crippen molar-refractivity contribution in [1.29, 1.82) is 0 Å². The standard InChI is InChI=1S/C17H21NO/c1-3-4-9-14-16(11-7-12-17(14)19)18-15-10-6-5-8-13(15)2/h5-8,10-12,18-19H,3-4,9H2,1-2H3. The van der Waals surface area contributed by atoms with Gasteiger partial charge in [0.2, 0.25) is 0 Å². The molecule has 2 aromatic rings. The molecular weight excluding hydrogens is 234 g/mol. The lowest BCUT2D eigenvalue weighted by molar-refractivity contribution is 0.467. The molecule has 2 aromatic carbocycles. The van der Waals surface area contributed by atoms with Crippen LogP contribution in [0.2, 0.25) is 0 Å². The average molecular weight is 255 g/mol. The molecule has 0 heterocycles. The molecule has 0 amide bonds. The Bertz CT molecular complexity index is 549. The van der Waals surface area contributed by atoms with E-state index in [0.717, 1.165) is 36.2 Å². The van der Waals surface area contributed by atoms with Crippen LogP contribution in [0.3, 0.4) is 0 Å². The largest absolute Gasteiger partial charge is 0.508 e. The Labute approximate surface area is 115 Å². The van der Waals surface area contributed by atoms with Crippen LogP contribution in [0.25, 0.3) is 0 Å². The molecule has 0 fully saturated rings. The molecule has 2 heteroatoms. The van der Waals surface area contributed by atoms with Crippen LogP contribution in [0.1, 0.15) is 30.9 Å². The van der Waals surface area contributed by atoms with Crippen molar-refractivity contribution >= 4 is 11.4 Å². The number of nitrogens with one attached hydrogen (secondary N) is 1. The quantitative estimate of drug-likeness (QED) is 0.805. The van der Waals surface area contributed by atoms with Crippen LogP contribution in [0.15, 0.2) is 42.5 Å². The van der Waals surface area contributed by atoms with Gasteiger partial charge in [0.25, 0.3) is 0 Å². The molecule has 0 saturated heterocycles. The molecule has 2 rings (SSSR count). The maximum absolute atomic E-state index is 10.0. The second kappa shape index (κ2) is 6.28. The zero-order chi connectivity index (χ0) is 13.7. The van der Waals surface area contributed by atoms with Crippen LogP contribution in [-0.2, 0) is 6.42 Å². The molecule has 2 nitrogen and oxygen atoms in total. The number of para-hydroxylation sites is 1. The van der Waals surface area contributed by atoms with Gasteiger partial charge >= 0.3 is 0 Å². The van der Waals surface area contributed by atoms with Gasteiger partial charge in [-0.15, -0.1) is 0 Å². The lowest BCUT2D eigenvalue weighted by Crippen LogP contribution is -1.98. The summed E-state index contributed by atoms with van der Waals surface area (Å²) >= 11 is 0. The average Bonchev–Trinajstić information content (AvgIpc) is 2.41. The lowest BCUT2D eigenvalue weighted by Gasteiger charge is -2.15. The number of benzene rings is 2. The predicted octanol–water partition coefficient (Wildman–Crippen LogP) is 4.79. The molecule has 0 aliphatic rings. The van der Waals surface area contributed by atoms with Crippen molar-refractivity contribution in [2.45, 2.75) is 33.1 Å². The van der Waals surface area contributed by atoms with E-state index in [2.05, 4.69) is 31.3 Å². The third kappa shape index (κ3) is 3.28. The SMILES string of the molecule is CCCCc1c(O)cccc1Nc1ccccc1C. The summed E-state index contributed by atoms with van der Waals surface area (Å²) in [7, 11) is 0. The zero-order valence-corrected chi connectivity index (χ0v) is 11.6. The molecule has 0 unspecified atom stereocenters. The van der Waals surface area contributed by atoms with Crippen LogP contribution in [0.4, 0.5) is 11.4 Å². The van der Waals surface area contributed by atoms with E-state index in [0.29, 0.717) is 5.75 Å². The Morgan fingerprint density at radius 3 is 2.47 bits per heavy atom. The first-order chi connectivity index (χ1) is 9.22. The van der Waals surface area contributed by atoms with Gasteiger partial charge < -0.3 is 10.4 Å². The predicted molar refractivity (Wildman–Crippen MR) is 81.2 cm³/mol. The first kappa shape index (κ1) is 13.5. The molecule has 0 bridgehead atoms. The minimum absolute atomic E-state index is 0.382. The summed E-state index contributed by atoms with van der Waals surface area (Å²) in [5.41, 5.74) is 4.30. The van der Waals surface area contributed by atoms with Gasteiger partial charge in [0, 0.05) is 16.9 Å². The van der Waals surface area contributed by atoms with Gasteiger partial charge in [-0.3, -0.25) is 0 Å². The maximum atomic E-state index is 10.0. The molecule has 19 heavy (non-hydrogen) atoms. The number of phenols is 1. The fourth-order valence-corrected chi connectivity index (χ4v) is 2.17. The number of hydrogen-bond donors (Lipinski definition) is 2. The number of aryl methyl sites for hydroxylation is 1. The summed E-state index contributed by atoms with van der Waals surface area (Å²) in [5, 5.41) is 13.5. The summed E-state index contributed by atoms with van der Waals surface area (Å²) in [6, 6.07) is 13.8. The molecule has 0 radical (unpaired) electrons. The maximum Gasteiger partial charge on any atom is 0.120 e. The highest BCUT2D eigenvalue weighted by atomic mass is 16.3. The van der Waals surface area contributed by atoms with Gasteiger partial charge in [-0.1, -0.05) is 37.6 Å². The Kier molecular flexibility index (Phi) is 4.45. The Morgan fingerprint density at radius 2 is 1.74 bits per heavy atom. The smallest absolute Gasteiger partial charge is 0.120 e. The molecular formula is C17H21NO. The Balaban J connectivity index is 2.29. The number of anilines is 2. The van der Waals surface area contributed by atoms with Crippen molar-refractivity contribution in [3.8, 4) is 5.75 Å². The van der Waals surface area contributed by atoms with Crippen LogP contribution >= 0.6 is 0 Å². The van der Waals surface area contributed by atoms with Crippen molar-refractivity contribution < 1.29 is 5.11 Å². The number of aromatic hydroxyl groups is 1. The number of unbranched alkanes of at least 4 members (excludes halogenated alkanes) is 1. The highest BCUT2D eigenvalue weighted by Gasteiger charge is 2.08. The van der Waals surface area contributed by atoms with Gasteiger partial charge in [-0.2, -0.15) is 0 Å². The fourth-order valence-electron chi connectivity index (χ4n) is 2.17. The molecule has 0 atom stereocenters. The second-order valence-corrected chi connectivity index (χ2v) is 4.85. The van der Waals surface area contributed by atoms with Gasteiger partial charge in [-0.05, 0) is 43.5 Å². The van der Waals surface area contributed by atoms with Crippen LogP contribution < -0.4 is 5.32 Å². The lowest BCUT2D eigenvalue weighted by atomic mass is 10.0. The monoisotopic (exact) mass is 255 g/mol. The highest BCUT2D eigenvalue weighted by molar-refractivity contribution is 5.68. The summed E-state index contributed by atoms with van der Waals surface area (Å²) < 4.78 is 0. The minimum atomic E-state index is 0.382. The minimum Gasteiger partial charge on any atom is -0.508 e. The summed E-state index contributed by atoms with van der Waals surface area (Å²) in [4.78, 5) is 0. The summed E-state index contributed by atoms with van der Waals surface area (Å²) in [5.74, 6) is 0.382. The van der Waals surface area contributed by atoms with E-state index in [1.807, 2.05) is 24.3 Å². The van der Waals surface area contributed by atoms with E-state index in [1.165, 1.54) is 5.56 Å². The molecule has 0 saturated carbocycles. The first-order valence-electron chi connectivity index (χ1n) is 6.86. The van der Waals surface area contributed by atoms with Crippen molar-refractivity contribution in [2.75, 3.05) is 5.32 Å². The van der Waals surface area contributed by atoms with Crippen LogP contribution in [0, 0.1) is 6.92 Å². The number of hydrogen-bond acceptors (Lipinski definition) is 2. The molecule has 0 aromatic heterocycles. The fraction of sp³-hybridized carbons (Fsp3) is 0.294. The summed E-state index contributed by atoms with van der Waals surface area (Å²) in [6.45, 7) is 4.24. The van der Waals surface area contributed by atoms with Crippen molar-refractivity contribution in [3.05, 3.63) is 53.6 Å². The van der Waals surface area contributed by atoms with Gasteiger partial charge in [0.05, 0.1) is 0 Å².